The van der Waals surface area contributed by atoms with Gasteiger partial charge in [0.15, 0.2) is 5.79 Å². The first kappa shape index (κ1) is 11.4. The minimum Gasteiger partial charge on any atom is -0.346 e. The van der Waals surface area contributed by atoms with Gasteiger partial charge in [-0.3, -0.25) is 0 Å². The lowest BCUT2D eigenvalue weighted by molar-refractivity contribution is -0.198. The second kappa shape index (κ2) is 4.81. The van der Waals surface area contributed by atoms with Crippen LogP contribution in [0.3, 0.4) is 0 Å². The number of hydrogen-bond donors (Lipinski definition) is 0. The summed E-state index contributed by atoms with van der Waals surface area (Å²) < 4.78 is 11.5. The molecule has 0 atom stereocenters. The van der Waals surface area contributed by atoms with Crippen LogP contribution in [0.2, 0.25) is 0 Å². The normalized spacial score (nSPS) is 17.1. The van der Waals surface area contributed by atoms with E-state index in [9.17, 15) is 0 Å². The molecule has 1 aromatic carbocycles. The molecule has 2 heteroatoms. The minimum atomic E-state index is -0.558. The monoisotopic (exact) mass is 218 g/mol. The van der Waals surface area contributed by atoms with E-state index in [2.05, 4.69) is 30.3 Å². The minimum absolute atomic E-state index is 0.558. The van der Waals surface area contributed by atoms with Crippen LogP contribution in [0, 0.1) is 0 Å². The summed E-state index contributed by atoms with van der Waals surface area (Å²) in [6, 6.07) is 8.36. The average Bonchev–Trinajstić information content (AvgIpc) is 2.30. The first-order valence-corrected chi connectivity index (χ1v) is 5.84. The molecule has 0 N–H and O–H groups in total. The third kappa shape index (κ3) is 2.18. The molecule has 16 heavy (non-hydrogen) atoms. The van der Waals surface area contributed by atoms with Gasteiger partial charge in [-0.25, -0.2) is 0 Å². The average molecular weight is 218 g/mol. The molecule has 0 saturated carbocycles. The Morgan fingerprint density at radius 1 is 1.12 bits per heavy atom. The van der Waals surface area contributed by atoms with Crippen molar-refractivity contribution in [2.24, 2.45) is 0 Å². The van der Waals surface area contributed by atoms with E-state index in [0.29, 0.717) is 13.2 Å². The maximum Gasteiger partial charge on any atom is 0.192 e. The Morgan fingerprint density at radius 2 is 1.81 bits per heavy atom. The lowest BCUT2D eigenvalue weighted by Crippen LogP contribution is -2.38. The van der Waals surface area contributed by atoms with Gasteiger partial charge in [0.05, 0.1) is 0 Å². The Bertz CT molecular complexity index is 376. The smallest absolute Gasteiger partial charge is 0.192 e. The van der Waals surface area contributed by atoms with Gasteiger partial charge in [-0.2, -0.15) is 0 Å². The third-order valence-electron chi connectivity index (χ3n) is 2.79. The maximum atomic E-state index is 5.76. The van der Waals surface area contributed by atoms with Crippen LogP contribution in [0.15, 0.2) is 30.3 Å². The van der Waals surface area contributed by atoms with Crippen molar-refractivity contribution >= 4 is 6.08 Å². The summed E-state index contributed by atoms with van der Waals surface area (Å²) in [7, 11) is 0. The molecule has 0 fully saturated rings. The van der Waals surface area contributed by atoms with Crippen molar-refractivity contribution in [1.82, 2.24) is 0 Å². The van der Waals surface area contributed by atoms with Crippen molar-refractivity contribution in [3.8, 4) is 0 Å². The van der Waals surface area contributed by atoms with Crippen LogP contribution in [0.5, 0.6) is 0 Å². The second-order valence-electron chi connectivity index (χ2n) is 3.89. The quantitative estimate of drug-likeness (QED) is 0.723. The largest absolute Gasteiger partial charge is 0.346 e. The van der Waals surface area contributed by atoms with E-state index in [4.69, 9.17) is 9.47 Å². The zero-order valence-electron chi connectivity index (χ0n) is 9.90. The van der Waals surface area contributed by atoms with Gasteiger partial charge >= 0.3 is 0 Å². The van der Waals surface area contributed by atoms with E-state index in [1.165, 1.54) is 11.1 Å². The second-order valence-corrected chi connectivity index (χ2v) is 3.89. The standard InChI is InChI=1S/C14H18O2/c1-3-15-14(16-4-2)10-9-12-7-5-6-8-13(12)11-14/h5-10H,3-4,11H2,1-2H3. The van der Waals surface area contributed by atoms with Crippen LogP contribution in [0.25, 0.3) is 6.08 Å². The first-order chi connectivity index (χ1) is 7.79. The molecule has 0 aromatic heterocycles. The third-order valence-corrected chi connectivity index (χ3v) is 2.79. The van der Waals surface area contributed by atoms with Gasteiger partial charge in [-0.1, -0.05) is 30.3 Å². The Kier molecular flexibility index (Phi) is 3.42. The lowest BCUT2D eigenvalue weighted by Gasteiger charge is -2.33. The molecule has 0 radical (unpaired) electrons. The van der Waals surface area contributed by atoms with Crippen LogP contribution in [0.1, 0.15) is 25.0 Å². The van der Waals surface area contributed by atoms with Gasteiger partial charge in [0.25, 0.3) is 0 Å². The van der Waals surface area contributed by atoms with Crippen molar-refractivity contribution in [2.45, 2.75) is 26.1 Å². The Labute approximate surface area is 96.9 Å². The number of ether oxygens (including phenoxy) is 2. The highest BCUT2D eigenvalue weighted by Gasteiger charge is 2.31. The molecule has 0 saturated heterocycles. The highest BCUT2D eigenvalue weighted by molar-refractivity contribution is 5.58. The van der Waals surface area contributed by atoms with Gasteiger partial charge in [0, 0.05) is 19.6 Å². The van der Waals surface area contributed by atoms with Gasteiger partial charge in [-0.05, 0) is 31.1 Å². The van der Waals surface area contributed by atoms with Crippen LogP contribution in [0.4, 0.5) is 0 Å². The Hall–Kier alpha value is -1.12. The zero-order valence-corrected chi connectivity index (χ0v) is 9.90. The molecule has 1 aliphatic carbocycles. The molecule has 0 bridgehead atoms. The molecule has 0 aliphatic heterocycles. The van der Waals surface area contributed by atoms with Gasteiger partial charge in [-0.15, -0.1) is 0 Å². The number of rotatable bonds is 4. The van der Waals surface area contributed by atoms with Gasteiger partial charge in [0.1, 0.15) is 0 Å². The van der Waals surface area contributed by atoms with E-state index in [-0.39, 0.29) is 0 Å². The van der Waals surface area contributed by atoms with Crippen LogP contribution in [-0.2, 0) is 15.9 Å². The van der Waals surface area contributed by atoms with E-state index < -0.39 is 5.79 Å². The molecular weight excluding hydrogens is 200 g/mol. The highest BCUT2D eigenvalue weighted by atomic mass is 16.7. The summed E-state index contributed by atoms with van der Waals surface area (Å²) in [4.78, 5) is 0. The van der Waals surface area contributed by atoms with Crippen molar-refractivity contribution in [2.75, 3.05) is 13.2 Å². The van der Waals surface area contributed by atoms with Crippen molar-refractivity contribution in [3.63, 3.8) is 0 Å². The molecule has 2 nitrogen and oxygen atoms in total. The summed E-state index contributed by atoms with van der Waals surface area (Å²) in [5, 5.41) is 0. The number of benzene rings is 1. The van der Waals surface area contributed by atoms with E-state index >= 15 is 0 Å². The summed E-state index contributed by atoms with van der Waals surface area (Å²) in [6.07, 6.45) is 4.91. The van der Waals surface area contributed by atoms with Crippen LogP contribution in [-0.4, -0.2) is 19.0 Å². The fraction of sp³-hybridized carbons (Fsp3) is 0.429. The Morgan fingerprint density at radius 3 is 2.50 bits per heavy atom. The molecule has 0 amide bonds. The van der Waals surface area contributed by atoms with Crippen LogP contribution >= 0.6 is 0 Å². The predicted octanol–water partition coefficient (Wildman–Crippen LogP) is 3.03. The van der Waals surface area contributed by atoms with E-state index in [1.54, 1.807) is 0 Å². The van der Waals surface area contributed by atoms with E-state index in [1.807, 2.05) is 19.9 Å². The fourth-order valence-electron chi connectivity index (χ4n) is 2.13. The summed E-state index contributed by atoms with van der Waals surface area (Å²) in [6.45, 7) is 5.31. The first-order valence-electron chi connectivity index (χ1n) is 5.84. The maximum absolute atomic E-state index is 5.76. The zero-order chi connectivity index (χ0) is 11.4. The summed E-state index contributed by atoms with van der Waals surface area (Å²) in [5.41, 5.74) is 2.55. The van der Waals surface area contributed by atoms with Crippen molar-refractivity contribution in [3.05, 3.63) is 41.5 Å². The molecule has 0 unspecified atom stereocenters. The molecular formula is C14H18O2. The fourth-order valence-corrected chi connectivity index (χ4v) is 2.13. The highest BCUT2D eigenvalue weighted by Crippen LogP contribution is 2.29. The molecule has 0 spiro atoms. The number of fused-ring (bicyclic) bond motifs is 1. The number of hydrogen-bond acceptors (Lipinski definition) is 2. The molecule has 0 heterocycles. The van der Waals surface area contributed by atoms with Crippen molar-refractivity contribution < 1.29 is 9.47 Å². The molecule has 86 valence electrons. The lowest BCUT2D eigenvalue weighted by atomic mass is 9.93. The summed E-state index contributed by atoms with van der Waals surface area (Å²) >= 11 is 0. The van der Waals surface area contributed by atoms with Gasteiger partial charge in [0.2, 0.25) is 0 Å². The summed E-state index contributed by atoms with van der Waals surface area (Å²) in [5.74, 6) is -0.558. The molecule has 2 rings (SSSR count). The molecule has 1 aromatic rings. The topological polar surface area (TPSA) is 18.5 Å². The van der Waals surface area contributed by atoms with Crippen molar-refractivity contribution in [1.29, 1.82) is 0 Å². The molecule has 1 aliphatic rings. The SMILES string of the molecule is CCOC1(OCC)C=Cc2ccccc2C1. The van der Waals surface area contributed by atoms with Crippen LogP contribution < -0.4 is 0 Å². The Balaban J connectivity index is 2.27. The van der Waals surface area contributed by atoms with Gasteiger partial charge < -0.3 is 9.47 Å². The van der Waals surface area contributed by atoms with E-state index in [0.717, 1.165) is 6.42 Å². The predicted molar refractivity (Wildman–Crippen MR) is 65.2 cm³/mol.